The van der Waals surface area contributed by atoms with Crippen LogP contribution in [0.15, 0.2) is 59.6 Å². The van der Waals surface area contributed by atoms with Gasteiger partial charge in [0.2, 0.25) is 0 Å². The second-order valence-corrected chi connectivity index (χ2v) is 8.66. The number of hydrogen-bond donors (Lipinski definition) is 1. The summed E-state index contributed by atoms with van der Waals surface area (Å²) in [7, 11) is 0. The quantitative estimate of drug-likeness (QED) is 0.404. The second-order valence-electron chi connectivity index (χ2n) is 7.10. The highest BCUT2D eigenvalue weighted by Crippen LogP contribution is 2.36. The summed E-state index contributed by atoms with van der Waals surface area (Å²) in [6.07, 6.45) is 3.51. The Hall–Kier alpha value is -1.45. The monoisotopic (exact) mass is 388 g/mol. The molecule has 0 aliphatic rings. The van der Waals surface area contributed by atoms with Crippen LogP contribution in [-0.2, 0) is 0 Å². The average Bonchev–Trinajstić information content (AvgIpc) is 2.61. The fraction of sp³-hybridized carbons (Fsp3) is 0.409. The first kappa shape index (κ1) is 20.9. The van der Waals surface area contributed by atoms with Crippen molar-refractivity contribution in [2.24, 2.45) is 16.6 Å². The molecule has 2 rings (SSSR count). The van der Waals surface area contributed by atoms with Crippen molar-refractivity contribution >= 4 is 28.5 Å². The molecule has 0 aliphatic carbocycles. The van der Waals surface area contributed by atoms with Gasteiger partial charge < -0.3 is 5.73 Å². The van der Waals surface area contributed by atoms with E-state index in [-0.39, 0.29) is 11.3 Å². The highest BCUT2D eigenvalue weighted by Gasteiger charge is 2.17. The van der Waals surface area contributed by atoms with Gasteiger partial charge in [0, 0.05) is 11.1 Å². The minimum Gasteiger partial charge on any atom is -0.379 e. The van der Waals surface area contributed by atoms with E-state index in [0.29, 0.717) is 5.17 Å². The highest BCUT2D eigenvalue weighted by molar-refractivity contribution is 8.14. The standard InChI is InChI=1S/C22H29ClN2S/c1-16(2)8-7-9-17(3)25-22(24)26-21(18-10-5-4-6-11-18)19-12-14-20(23)15-13-19/h4-6,10-17,21H,7-9H2,1-3H3,(H2,24,25)/t17-,21-/m1/s1. The molecule has 0 saturated heterocycles. The molecule has 2 N–H and O–H groups in total. The van der Waals surface area contributed by atoms with Crippen LogP contribution in [0.25, 0.3) is 0 Å². The molecular weight excluding hydrogens is 360 g/mol. The van der Waals surface area contributed by atoms with E-state index in [1.807, 2.05) is 18.2 Å². The van der Waals surface area contributed by atoms with Crippen molar-refractivity contribution in [3.8, 4) is 0 Å². The summed E-state index contributed by atoms with van der Waals surface area (Å²) in [6, 6.07) is 18.6. The van der Waals surface area contributed by atoms with Gasteiger partial charge in [-0.3, -0.25) is 4.99 Å². The smallest absolute Gasteiger partial charge is 0.155 e. The Morgan fingerprint density at radius 1 is 0.962 bits per heavy atom. The fourth-order valence-electron chi connectivity index (χ4n) is 2.85. The minimum atomic E-state index is 0.111. The van der Waals surface area contributed by atoms with Crippen molar-refractivity contribution in [3.63, 3.8) is 0 Å². The first-order valence-electron chi connectivity index (χ1n) is 9.26. The van der Waals surface area contributed by atoms with Gasteiger partial charge in [-0.1, -0.05) is 92.5 Å². The van der Waals surface area contributed by atoms with Crippen molar-refractivity contribution < 1.29 is 0 Å². The number of rotatable bonds is 8. The van der Waals surface area contributed by atoms with E-state index in [1.54, 1.807) is 11.8 Å². The zero-order valence-corrected chi connectivity index (χ0v) is 17.4. The predicted octanol–water partition coefficient (Wildman–Crippen LogP) is 6.69. The van der Waals surface area contributed by atoms with Crippen molar-refractivity contribution in [3.05, 3.63) is 70.7 Å². The molecule has 0 saturated carbocycles. The topological polar surface area (TPSA) is 38.4 Å². The van der Waals surface area contributed by atoms with Gasteiger partial charge in [-0.25, -0.2) is 0 Å². The summed E-state index contributed by atoms with van der Waals surface area (Å²) < 4.78 is 0. The van der Waals surface area contributed by atoms with Crippen molar-refractivity contribution in [2.75, 3.05) is 0 Å². The number of hydrogen-bond acceptors (Lipinski definition) is 2. The third-order valence-corrected chi connectivity index (χ3v) is 5.64. The first-order valence-corrected chi connectivity index (χ1v) is 10.5. The summed E-state index contributed by atoms with van der Waals surface area (Å²) in [6.45, 7) is 6.66. The van der Waals surface area contributed by atoms with Gasteiger partial charge in [0.15, 0.2) is 5.17 Å². The molecule has 0 heterocycles. The van der Waals surface area contributed by atoms with Crippen LogP contribution >= 0.6 is 23.4 Å². The fourth-order valence-corrected chi connectivity index (χ4v) is 4.04. The maximum Gasteiger partial charge on any atom is 0.155 e. The SMILES string of the molecule is CC(C)CCC[C@@H](C)N=C(N)S[C@H](c1ccccc1)c1ccc(Cl)cc1. The van der Waals surface area contributed by atoms with Gasteiger partial charge in [0.1, 0.15) is 0 Å². The zero-order chi connectivity index (χ0) is 18.9. The molecule has 140 valence electrons. The van der Waals surface area contributed by atoms with E-state index in [9.17, 15) is 0 Å². The molecule has 2 nitrogen and oxygen atoms in total. The van der Waals surface area contributed by atoms with Crippen LogP contribution in [0, 0.1) is 5.92 Å². The van der Waals surface area contributed by atoms with E-state index in [2.05, 4.69) is 57.2 Å². The minimum absolute atomic E-state index is 0.111. The molecule has 2 aromatic carbocycles. The van der Waals surface area contributed by atoms with Gasteiger partial charge in [0.25, 0.3) is 0 Å². The third kappa shape index (κ3) is 7.05. The van der Waals surface area contributed by atoms with Gasteiger partial charge in [-0.05, 0) is 42.5 Å². The Kier molecular flexibility index (Phi) is 8.53. The number of benzene rings is 2. The van der Waals surface area contributed by atoms with Gasteiger partial charge >= 0.3 is 0 Å². The lowest BCUT2D eigenvalue weighted by molar-refractivity contribution is 0.512. The summed E-state index contributed by atoms with van der Waals surface area (Å²) in [4.78, 5) is 4.71. The molecular formula is C22H29ClN2S. The number of aliphatic imine (C=N–C) groups is 1. The first-order chi connectivity index (χ1) is 12.5. The lowest BCUT2D eigenvalue weighted by Gasteiger charge is -2.18. The second kappa shape index (κ2) is 10.6. The van der Waals surface area contributed by atoms with Crippen LogP contribution in [0.4, 0.5) is 0 Å². The Balaban J connectivity index is 2.11. The van der Waals surface area contributed by atoms with E-state index < -0.39 is 0 Å². The maximum atomic E-state index is 6.30. The van der Waals surface area contributed by atoms with Gasteiger partial charge in [-0.2, -0.15) is 0 Å². The number of nitrogens with zero attached hydrogens (tertiary/aromatic N) is 1. The largest absolute Gasteiger partial charge is 0.379 e. The van der Waals surface area contributed by atoms with Crippen molar-refractivity contribution in [1.29, 1.82) is 0 Å². The molecule has 0 amide bonds. The zero-order valence-electron chi connectivity index (χ0n) is 15.9. The van der Waals surface area contributed by atoms with Crippen LogP contribution in [-0.4, -0.2) is 11.2 Å². The molecule has 4 heteroatoms. The molecule has 2 aromatic rings. The van der Waals surface area contributed by atoms with Crippen LogP contribution in [0.1, 0.15) is 56.4 Å². The van der Waals surface area contributed by atoms with E-state index in [4.69, 9.17) is 22.3 Å². The summed E-state index contributed by atoms with van der Waals surface area (Å²) in [5.41, 5.74) is 8.69. The molecule has 0 radical (unpaired) electrons. The van der Waals surface area contributed by atoms with Crippen LogP contribution < -0.4 is 5.73 Å². The van der Waals surface area contributed by atoms with Crippen molar-refractivity contribution in [2.45, 2.75) is 51.3 Å². The number of nitrogens with two attached hydrogens (primary N) is 1. The van der Waals surface area contributed by atoms with E-state index in [1.165, 1.54) is 24.0 Å². The van der Waals surface area contributed by atoms with Gasteiger partial charge in [-0.15, -0.1) is 0 Å². The lowest BCUT2D eigenvalue weighted by Crippen LogP contribution is -2.14. The lowest BCUT2D eigenvalue weighted by atomic mass is 10.0. The molecule has 0 aromatic heterocycles. The Morgan fingerprint density at radius 2 is 1.58 bits per heavy atom. The molecule has 2 atom stereocenters. The van der Waals surface area contributed by atoms with Gasteiger partial charge in [0.05, 0.1) is 5.25 Å². The molecule has 0 unspecified atom stereocenters. The predicted molar refractivity (Wildman–Crippen MR) is 117 cm³/mol. The summed E-state index contributed by atoms with van der Waals surface area (Å²) in [5, 5.41) is 1.50. The molecule has 0 aliphatic heterocycles. The number of amidine groups is 1. The summed E-state index contributed by atoms with van der Waals surface area (Å²) in [5.74, 6) is 0.741. The molecule has 0 fully saturated rings. The van der Waals surface area contributed by atoms with E-state index >= 15 is 0 Å². The third-order valence-electron chi connectivity index (χ3n) is 4.26. The number of thioether (sulfide) groups is 1. The Morgan fingerprint density at radius 3 is 2.19 bits per heavy atom. The number of halogens is 1. The van der Waals surface area contributed by atoms with Crippen LogP contribution in [0.2, 0.25) is 5.02 Å². The molecule has 26 heavy (non-hydrogen) atoms. The normalized spacial score (nSPS) is 14.4. The molecule has 0 spiro atoms. The van der Waals surface area contributed by atoms with Crippen LogP contribution in [0.5, 0.6) is 0 Å². The van der Waals surface area contributed by atoms with E-state index in [0.717, 1.165) is 17.4 Å². The Labute approximate surface area is 167 Å². The maximum absolute atomic E-state index is 6.30. The van der Waals surface area contributed by atoms with Crippen molar-refractivity contribution in [1.82, 2.24) is 0 Å². The van der Waals surface area contributed by atoms with Crippen LogP contribution in [0.3, 0.4) is 0 Å². The summed E-state index contributed by atoms with van der Waals surface area (Å²) >= 11 is 7.66. The molecule has 0 bridgehead atoms. The Bertz CT molecular complexity index is 683. The average molecular weight is 389 g/mol. The highest BCUT2D eigenvalue weighted by atomic mass is 35.5.